The Labute approximate surface area is 381 Å². The molecule has 2 nitrogen and oxygen atoms in total. The predicted molar refractivity (Wildman–Crippen MR) is 274 cm³/mol. The van der Waals surface area contributed by atoms with Crippen LogP contribution in [-0.4, -0.2) is 9.97 Å². The maximum atomic E-state index is 5.79. The largest absolute Gasteiger partial charge is 0.249 e. The fourth-order valence-corrected chi connectivity index (χ4v) is 14.2. The number of aromatic nitrogens is 2. The number of benzene rings is 1. The molecule has 5 heterocycles. The highest BCUT2D eigenvalue weighted by molar-refractivity contribution is 7.31. The minimum Gasteiger partial charge on any atom is -0.249 e. The van der Waals surface area contributed by atoms with Gasteiger partial charge in [-0.15, -0.1) is 45.3 Å². The van der Waals surface area contributed by atoms with Crippen LogP contribution >= 0.6 is 45.3 Å². The molecule has 3 unspecified atom stereocenters. The highest BCUT2D eigenvalue weighted by Crippen LogP contribution is 2.49. The van der Waals surface area contributed by atoms with E-state index in [-0.39, 0.29) is 0 Å². The van der Waals surface area contributed by atoms with Gasteiger partial charge in [-0.25, -0.2) is 9.97 Å². The zero-order chi connectivity index (χ0) is 42.4. The van der Waals surface area contributed by atoms with Gasteiger partial charge in [0.15, 0.2) is 0 Å². The Morgan fingerprint density at radius 2 is 0.967 bits per heavy atom. The summed E-state index contributed by atoms with van der Waals surface area (Å²) in [5, 5.41) is 2.63. The lowest BCUT2D eigenvalue weighted by Crippen LogP contribution is -2.13. The van der Waals surface area contributed by atoms with E-state index in [0.29, 0.717) is 11.8 Å². The fraction of sp³-hybridized carbons (Fsp3) is 0.630. The highest BCUT2D eigenvalue weighted by atomic mass is 32.1. The minimum absolute atomic E-state index is 0.659. The average Bonchev–Trinajstić information content (AvgIpc) is 4.07. The van der Waals surface area contributed by atoms with E-state index in [1.165, 1.54) is 196 Å². The molecule has 0 aliphatic carbocycles. The summed E-state index contributed by atoms with van der Waals surface area (Å²) in [5.74, 6) is 2.09. The van der Waals surface area contributed by atoms with Crippen molar-refractivity contribution in [3.63, 3.8) is 0 Å². The van der Waals surface area contributed by atoms with Gasteiger partial charge in [0.1, 0.15) is 0 Å². The zero-order valence-corrected chi connectivity index (χ0v) is 42.2. The number of hydrogen-bond acceptors (Lipinski definition) is 6. The maximum absolute atomic E-state index is 5.79. The summed E-state index contributed by atoms with van der Waals surface area (Å²) >= 11 is 7.99. The predicted octanol–water partition coefficient (Wildman–Crippen LogP) is 19.5. The molecule has 0 N–H and O–H groups in total. The van der Waals surface area contributed by atoms with Crippen LogP contribution in [0.15, 0.2) is 30.3 Å². The second-order valence-electron chi connectivity index (χ2n) is 18.4. The molecular weight excluding hydrogens is 805 g/mol. The van der Waals surface area contributed by atoms with Gasteiger partial charge in [0.05, 0.1) is 31.8 Å². The van der Waals surface area contributed by atoms with Crippen LogP contribution in [0.1, 0.15) is 197 Å². The lowest BCUT2D eigenvalue weighted by molar-refractivity contribution is 0.403. The summed E-state index contributed by atoms with van der Waals surface area (Å²) in [4.78, 5) is 20.1. The number of hydrogen-bond donors (Lipinski definition) is 0. The average molecular weight is 883 g/mol. The molecule has 0 aliphatic rings. The van der Waals surface area contributed by atoms with Crippen LogP contribution in [-0.2, 0) is 19.3 Å². The van der Waals surface area contributed by atoms with Gasteiger partial charge < -0.3 is 0 Å². The lowest BCUT2D eigenvalue weighted by Gasteiger charge is -2.20. The third kappa shape index (κ3) is 12.3. The summed E-state index contributed by atoms with van der Waals surface area (Å²) < 4.78 is 2.81. The first-order valence-electron chi connectivity index (χ1n) is 24.6. The fourth-order valence-electron chi connectivity index (χ4n) is 9.56. The molecule has 0 spiro atoms. The monoisotopic (exact) mass is 883 g/mol. The van der Waals surface area contributed by atoms with Crippen LogP contribution < -0.4 is 0 Å². The van der Waals surface area contributed by atoms with Crippen molar-refractivity contribution in [1.82, 2.24) is 9.97 Å². The second kappa shape index (κ2) is 24.1. The van der Waals surface area contributed by atoms with E-state index in [4.69, 9.17) is 9.97 Å². The van der Waals surface area contributed by atoms with Crippen LogP contribution in [0.3, 0.4) is 0 Å². The van der Waals surface area contributed by atoms with E-state index in [2.05, 4.69) is 97.1 Å². The van der Waals surface area contributed by atoms with Crippen molar-refractivity contribution in [1.29, 1.82) is 0 Å². The molecule has 6 rings (SSSR count). The Morgan fingerprint density at radius 1 is 0.450 bits per heavy atom. The maximum Gasteiger partial charge on any atom is 0.0984 e. The van der Waals surface area contributed by atoms with Crippen LogP contribution in [0.5, 0.6) is 0 Å². The first-order chi connectivity index (χ1) is 29.3. The van der Waals surface area contributed by atoms with Crippen LogP contribution in [0, 0.1) is 31.6 Å². The minimum atomic E-state index is 0.659. The second-order valence-corrected chi connectivity index (χ2v) is 23.0. The summed E-state index contributed by atoms with van der Waals surface area (Å²) in [7, 11) is 0. The third-order valence-electron chi connectivity index (χ3n) is 13.4. The smallest absolute Gasteiger partial charge is 0.0984 e. The van der Waals surface area contributed by atoms with Crippen LogP contribution in [0.2, 0.25) is 0 Å². The van der Waals surface area contributed by atoms with Gasteiger partial charge in [0, 0.05) is 40.0 Å². The quantitative estimate of drug-likeness (QED) is 0.0459. The van der Waals surface area contributed by atoms with Crippen LogP contribution in [0.4, 0.5) is 0 Å². The molecule has 328 valence electrons. The SMILES string of the molecule is CCCCCCCCC(CCCCCC)Cc1cc(-c2cc3c4nc(CC(CC)CCCC)c(CC(CC)CCCC)nc4c4cc(C)sc4c3s2)sc1-c1ccc(C)s1. The molecule has 60 heavy (non-hydrogen) atoms. The molecule has 1 aromatic carbocycles. The van der Waals surface area contributed by atoms with Gasteiger partial charge in [-0.1, -0.05) is 170 Å². The van der Waals surface area contributed by atoms with Gasteiger partial charge >= 0.3 is 0 Å². The van der Waals surface area contributed by atoms with Crippen molar-refractivity contribution in [3.05, 3.63) is 57.0 Å². The third-order valence-corrected chi connectivity index (χ3v) is 18.3. The number of unbranched alkanes of at least 4 members (excludes halogenated alkanes) is 10. The van der Waals surface area contributed by atoms with Crippen molar-refractivity contribution < 1.29 is 0 Å². The van der Waals surface area contributed by atoms with E-state index in [9.17, 15) is 0 Å². The van der Waals surface area contributed by atoms with Crippen molar-refractivity contribution in [3.8, 4) is 19.5 Å². The number of rotatable bonds is 28. The van der Waals surface area contributed by atoms with Crippen molar-refractivity contribution >= 4 is 76.6 Å². The Hall–Kier alpha value is -2.12. The summed E-state index contributed by atoms with van der Waals surface area (Å²) in [5.41, 5.74) is 6.43. The number of nitrogens with zero attached hydrogens (tertiary/aromatic N) is 2. The molecule has 0 saturated carbocycles. The van der Waals surface area contributed by atoms with Gasteiger partial charge in [0.2, 0.25) is 0 Å². The molecular formula is C54H78N2S4. The lowest BCUT2D eigenvalue weighted by atomic mass is 9.88. The molecule has 0 aliphatic heterocycles. The Bertz CT molecular complexity index is 2200. The molecule has 3 atom stereocenters. The number of thiophene rings is 4. The molecule has 6 heteroatoms. The van der Waals surface area contributed by atoms with E-state index >= 15 is 0 Å². The van der Waals surface area contributed by atoms with Crippen LogP contribution in [0.25, 0.3) is 50.7 Å². The van der Waals surface area contributed by atoms with E-state index in [1.54, 1.807) is 5.56 Å². The van der Waals surface area contributed by atoms with E-state index in [1.807, 2.05) is 34.0 Å². The molecule has 6 aromatic rings. The number of fused-ring (bicyclic) bond motifs is 6. The highest BCUT2D eigenvalue weighted by Gasteiger charge is 2.24. The zero-order valence-electron chi connectivity index (χ0n) is 38.9. The normalized spacial score (nSPS) is 13.7. The molecule has 0 radical (unpaired) electrons. The van der Waals surface area contributed by atoms with Crippen molar-refractivity contribution in [2.45, 2.75) is 203 Å². The molecule has 5 aromatic heterocycles. The van der Waals surface area contributed by atoms with Gasteiger partial charge in [-0.3, -0.25) is 0 Å². The van der Waals surface area contributed by atoms with Gasteiger partial charge in [0.25, 0.3) is 0 Å². The summed E-state index contributed by atoms with van der Waals surface area (Å²) in [6, 6.07) is 12.3. The topological polar surface area (TPSA) is 25.8 Å². The molecule has 0 fully saturated rings. The first-order valence-corrected chi connectivity index (χ1v) is 27.9. The van der Waals surface area contributed by atoms with Crippen molar-refractivity contribution in [2.75, 3.05) is 0 Å². The Kier molecular flexibility index (Phi) is 19.0. The number of aryl methyl sites for hydroxylation is 2. The Balaban J connectivity index is 1.44. The van der Waals surface area contributed by atoms with E-state index < -0.39 is 0 Å². The molecule has 0 amide bonds. The van der Waals surface area contributed by atoms with Crippen molar-refractivity contribution in [2.24, 2.45) is 17.8 Å². The van der Waals surface area contributed by atoms with E-state index in [0.717, 1.165) is 29.8 Å². The van der Waals surface area contributed by atoms with Gasteiger partial charge in [-0.05, 0) is 86.8 Å². The summed E-state index contributed by atoms with van der Waals surface area (Å²) in [6.07, 6.45) is 29.9. The standard InChI is InChI=1S/C54H78N2S4/c1-9-15-19-21-22-24-28-41(27-23-20-16-10-2)32-42-35-48(59-52(42)47-30-29-37(7)57-47)49-36-44-51-50(43-31-38(8)58-53(43)54(44)60-49)55-45(33-39(13-5)25-17-11-3)46(56-51)34-40(14-6)26-18-12-4/h29-31,35-36,39-41H,9-28,32-34H2,1-8H3. The molecule has 0 bridgehead atoms. The summed E-state index contributed by atoms with van der Waals surface area (Å²) in [6.45, 7) is 18.6. The Morgan fingerprint density at radius 3 is 1.53 bits per heavy atom. The molecule has 0 saturated heterocycles. The van der Waals surface area contributed by atoms with Gasteiger partial charge in [-0.2, -0.15) is 0 Å². The first kappa shape index (κ1) is 47.4.